The first kappa shape index (κ1) is 14.3. The van der Waals surface area contributed by atoms with Crippen LogP contribution in [-0.4, -0.2) is 7.05 Å². The van der Waals surface area contributed by atoms with Gasteiger partial charge in [-0.2, -0.15) is 0 Å². The Labute approximate surface area is 120 Å². The van der Waals surface area contributed by atoms with Crippen LogP contribution in [0.25, 0.3) is 0 Å². The Kier molecular flexibility index (Phi) is 4.80. The normalized spacial score (nSPS) is 10.7. The van der Waals surface area contributed by atoms with Crippen LogP contribution in [0.15, 0.2) is 46.2 Å². The zero-order valence-electron chi connectivity index (χ0n) is 10.2. The fourth-order valence-corrected chi connectivity index (χ4v) is 2.77. The van der Waals surface area contributed by atoms with Gasteiger partial charge >= 0.3 is 0 Å². The average molecular weight is 300 g/mol. The van der Waals surface area contributed by atoms with E-state index in [2.05, 4.69) is 5.32 Å². The molecule has 19 heavy (non-hydrogen) atoms. The summed E-state index contributed by atoms with van der Waals surface area (Å²) in [5, 5.41) is 3.64. The lowest BCUT2D eigenvalue weighted by molar-refractivity contribution is 0.506. The summed E-state index contributed by atoms with van der Waals surface area (Å²) >= 11 is 7.47. The fourth-order valence-electron chi connectivity index (χ4n) is 1.61. The summed E-state index contributed by atoms with van der Waals surface area (Å²) in [6.45, 7) is 0.732. The molecule has 0 unspecified atom stereocenters. The molecule has 0 aliphatic rings. The zero-order chi connectivity index (χ0) is 13.8. The second kappa shape index (κ2) is 6.37. The van der Waals surface area contributed by atoms with Gasteiger partial charge in [-0.3, -0.25) is 0 Å². The predicted molar refractivity (Wildman–Crippen MR) is 74.7 cm³/mol. The molecule has 0 bridgehead atoms. The first-order valence-corrected chi connectivity index (χ1v) is 6.85. The Balaban J connectivity index is 2.20. The van der Waals surface area contributed by atoms with Crippen LogP contribution in [0.5, 0.6) is 0 Å². The summed E-state index contributed by atoms with van der Waals surface area (Å²) in [4.78, 5) is 1.43. The number of nitrogens with one attached hydrogen (secondary N) is 1. The van der Waals surface area contributed by atoms with Crippen LogP contribution in [0, 0.1) is 11.6 Å². The highest BCUT2D eigenvalue weighted by Gasteiger charge is 2.07. The van der Waals surface area contributed by atoms with Gasteiger partial charge in [-0.25, -0.2) is 8.78 Å². The summed E-state index contributed by atoms with van der Waals surface area (Å²) in [5.74, 6) is -1.70. The van der Waals surface area contributed by atoms with E-state index in [0.29, 0.717) is 9.92 Å². The molecule has 100 valence electrons. The van der Waals surface area contributed by atoms with Crippen molar-refractivity contribution in [2.45, 2.75) is 16.3 Å². The number of rotatable bonds is 4. The molecule has 0 heterocycles. The highest BCUT2D eigenvalue weighted by molar-refractivity contribution is 7.99. The SMILES string of the molecule is CNCc1ccc(Sc2ccc(F)c(F)c2)c(Cl)c1. The molecular weight excluding hydrogens is 288 g/mol. The average Bonchev–Trinajstić information content (AvgIpc) is 2.37. The maximum absolute atomic E-state index is 13.1. The van der Waals surface area contributed by atoms with Crippen molar-refractivity contribution in [3.63, 3.8) is 0 Å². The number of hydrogen-bond donors (Lipinski definition) is 1. The monoisotopic (exact) mass is 299 g/mol. The van der Waals surface area contributed by atoms with Crippen LogP contribution >= 0.6 is 23.4 Å². The van der Waals surface area contributed by atoms with Crippen molar-refractivity contribution in [1.29, 1.82) is 0 Å². The molecule has 0 radical (unpaired) electrons. The van der Waals surface area contributed by atoms with Gasteiger partial charge in [-0.05, 0) is 42.9 Å². The van der Waals surface area contributed by atoms with Crippen molar-refractivity contribution in [1.82, 2.24) is 5.32 Å². The van der Waals surface area contributed by atoms with Crippen molar-refractivity contribution in [2.75, 3.05) is 7.05 Å². The van der Waals surface area contributed by atoms with Gasteiger partial charge in [0, 0.05) is 16.3 Å². The van der Waals surface area contributed by atoms with Gasteiger partial charge in [0.25, 0.3) is 0 Å². The predicted octanol–water partition coefficient (Wildman–Crippen LogP) is 4.49. The lowest BCUT2D eigenvalue weighted by atomic mass is 10.2. The Bertz CT molecular complexity index is 590. The van der Waals surface area contributed by atoms with E-state index < -0.39 is 11.6 Å². The summed E-state index contributed by atoms with van der Waals surface area (Å²) in [7, 11) is 1.86. The molecule has 0 amide bonds. The molecule has 1 N–H and O–H groups in total. The van der Waals surface area contributed by atoms with Gasteiger partial charge in [0.15, 0.2) is 11.6 Å². The van der Waals surface area contributed by atoms with Crippen molar-refractivity contribution in [3.05, 3.63) is 58.6 Å². The molecule has 0 aliphatic heterocycles. The lowest BCUT2D eigenvalue weighted by Gasteiger charge is -2.07. The van der Waals surface area contributed by atoms with Crippen LogP contribution < -0.4 is 5.32 Å². The Morgan fingerprint density at radius 1 is 1.11 bits per heavy atom. The number of hydrogen-bond acceptors (Lipinski definition) is 2. The molecular formula is C14H12ClF2NS. The largest absolute Gasteiger partial charge is 0.316 e. The third-order valence-corrected chi connectivity index (χ3v) is 3.99. The molecule has 0 atom stereocenters. The number of halogens is 3. The van der Waals surface area contributed by atoms with Gasteiger partial charge < -0.3 is 5.32 Å². The van der Waals surface area contributed by atoms with Gasteiger partial charge in [-0.1, -0.05) is 29.4 Å². The quantitative estimate of drug-likeness (QED) is 0.893. The van der Waals surface area contributed by atoms with E-state index in [1.54, 1.807) is 0 Å². The molecule has 2 aromatic rings. The third-order valence-electron chi connectivity index (χ3n) is 2.50. The first-order valence-electron chi connectivity index (χ1n) is 5.66. The van der Waals surface area contributed by atoms with Crippen LogP contribution in [-0.2, 0) is 6.54 Å². The maximum atomic E-state index is 13.1. The second-order valence-corrected chi connectivity index (χ2v) is 5.50. The standard InChI is InChI=1S/C14H12ClF2NS/c1-18-8-9-2-5-14(11(15)6-9)19-10-3-4-12(16)13(17)7-10/h2-7,18H,8H2,1H3. The Hall–Kier alpha value is -1.10. The second-order valence-electron chi connectivity index (χ2n) is 3.97. The first-order chi connectivity index (χ1) is 9.10. The Morgan fingerprint density at radius 2 is 1.89 bits per heavy atom. The van der Waals surface area contributed by atoms with E-state index in [9.17, 15) is 8.78 Å². The molecule has 0 saturated carbocycles. The van der Waals surface area contributed by atoms with E-state index >= 15 is 0 Å². The molecule has 2 rings (SSSR count). The minimum absolute atomic E-state index is 0.600. The molecule has 0 aliphatic carbocycles. The summed E-state index contributed by atoms with van der Waals surface area (Å²) < 4.78 is 26.0. The minimum Gasteiger partial charge on any atom is -0.316 e. The Morgan fingerprint density at radius 3 is 2.53 bits per heavy atom. The van der Waals surface area contributed by atoms with Gasteiger partial charge in [0.2, 0.25) is 0 Å². The van der Waals surface area contributed by atoms with E-state index in [1.165, 1.54) is 17.8 Å². The topological polar surface area (TPSA) is 12.0 Å². The van der Waals surface area contributed by atoms with E-state index in [1.807, 2.05) is 25.2 Å². The van der Waals surface area contributed by atoms with Crippen molar-refractivity contribution in [2.24, 2.45) is 0 Å². The third kappa shape index (κ3) is 3.69. The minimum atomic E-state index is -0.854. The van der Waals surface area contributed by atoms with Gasteiger partial charge in [0.05, 0.1) is 5.02 Å². The van der Waals surface area contributed by atoms with Crippen LogP contribution in [0.4, 0.5) is 8.78 Å². The van der Waals surface area contributed by atoms with Crippen molar-refractivity contribution in [3.8, 4) is 0 Å². The molecule has 0 saturated heterocycles. The van der Waals surface area contributed by atoms with Gasteiger partial charge in [-0.15, -0.1) is 0 Å². The number of benzene rings is 2. The molecule has 5 heteroatoms. The molecule has 0 fully saturated rings. The molecule has 0 spiro atoms. The van der Waals surface area contributed by atoms with Crippen LogP contribution in [0.2, 0.25) is 5.02 Å². The summed E-state index contributed by atoms with van der Waals surface area (Å²) in [5.41, 5.74) is 1.07. The molecule has 1 nitrogen and oxygen atoms in total. The van der Waals surface area contributed by atoms with E-state index in [-0.39, 0.29) is 0 Å². The highest BCUT2D eigenvalue weighted by Crippen LogP contribution is 2.34. The van der Waals surface area contributed by atoms with Gasteiger partial charge in [0.1, 0.15) is 0 Å². The summed E-state index contributed by atoms with van der Waals surface area (Å²) in [6, 6.07) is 9.49. The van der Waals surface area contributed by atoms with Crippen molar-refractivity contribution >= 4 is 23.4 Å². The van der Waals surface area contributed by atoms with E-state index in [4.69, 9.17) is 11.6 Å². The maximum Gasteiger partial charge on any atom is 0.159 e. The van der Waals surface area contributed by atoms with Crippen molar-refractivity contribution < 1.29 is 8.78 Å². The smallest absolute Gasteiger partial charge is 0.159 e. The molecule has 0 aromatic heterocycles. The van der Waals surface area contributed by atoms with E-state index in [0.717, 1.165) is 29.1 Å². The van der Waals surface area contributed by atoms with Crippen LogP contribution in [0.3, 0.4) is 0 Å². The lowest BCUT2D eigenvalue weighted by Crippen LogP contribution is -2.04. The molecule has 2 aromatic carbocycles. The zero-order valence-corrected chi connectivity index (χ0v) is 11.8. The fraction of sp³-hybridized carbons (Fsp3) is 0.143. The summed E-state index contributed by atoms with van der Waals surface area (Å²) in [6.07, 6.45) is 0. The van der Waals surface area contributed by atoms with Crippen LogP contribution in [0.1, 0.15) is 5.56 Å². The highest BCUT2D eigenvalue weighted by atomic mass is 35.5.